The number of amides is 1. The second-order valence-corrected chi connectivity index (χ2v) is 38.7. The van der Waals surface area contributed by atoms with E-state index < -0.39 is 278 Å². The maximum absolute atomic E-state index is 14.6. The van der Waals surface area contributed by atoms with Crippen LogP contribution in [0, 0.1) is 34.0 Å². The molecular formula is C91H151N23O24. The summed E-state index contributed by atoms with van der Waals surface area (Å²) < 4.78 is 0. The first-order valence-corrected chi connectivity index (χ1v) is 45.2. The van der Waals surface area contributed by atoms with Crippen LogP contribution in [0.1, 0.15) is 250 Å². The van der Waals surface area contributed by atoms with Crippen LogP contribution < -0.4 is 0 Å². The van der Waals surface area contributed by atoms with Crippen LogP contribution in [0.3, 0.4) is 0 Å². The minimum atomic E-state index is -1.89. The number of carbonyl (C=O) groups excluding carboxylic acids is 1. The van der Waals surface area contributed by atoms with E-state index in [9.17, 15) is 122 Å². The molecule has 47 heteroatoms. The number of rotatable bonds is 55. The van der Waals surface area contributed by atoms with E-state index in [-0.39, 0.29) is 63.3 Å². The topological polar surface area (TPSA) is 792 Å². The molecule has 1 aromatic rings. The number of likely N-dealkylation sites (tertiary alicyclic amines) is 1. The van der Waals surface area contributed by atoms with Crippen molar-refractivity contribution in [3.05, 3.63) is 35.9 Å². The van der Waals surface area contributed by atoms with Gasteiger partial charge in [0.1, 0.15) is 111 Å². The monoisotopic (exact) mass is 1950 g/mol. The molecule has 12 atom stereocenters. The average molecular weight is 1950 g/mol. The molecule has 1 heterocycles. The van der Waals surface area contributed by atoms with Gasteiger partial charge in [-0.05, 0) is 200 Å². The van der Waals surface area contributed by atoms with Crippen molar-refractivity contribution in [1.82, 2.24) is 4.90 Å². The molecule has 1 amide bonds. The van der Waals surface area contributed by atoms with E-state index in [4.69, 9.17) is 16.2 Å². The summed E-state index contributed by atoms with van der Waals surface area (Å²) in [6, 6.07) is -5.32. The van der Waals surface area contributed by atoms with Gasteiger partial charge < -0.3 is 122 Å². The van der Waals surface area contributed by atoms with Gasteiger partial charge in [-0.25, -0.2) is 94.9 Å². The Hall–Kier alpha value is -13.0. The van der Waals surface area contributed by atoms with Crippen molar-refractivity contribution < 1.29 is 122 Å². The van der Waals surface area contributed by atoms with Crippen LogP contribution >= 0.6 is 0 Å². The molecule has 0 radical (unpaired) electrons. The summed E-state index contributed by atoms with van der Waals surface area (Å²) in [5.74, 6) is -18.2. The average Bonchev–Trinajstić information content (AvgIpc) is 1.36. The molecule has 26 N–H and O–H groups in total. The number of hydrogen-bond donors (Lipinski definition) is 26. The molecule has 0 bridgehead atoms. The zero-order chi connectivity index (χ0) is 106. The molecular weight excluding hydrogens is 1800 g/mol. The maximum atomic E-state index is 14.6. The SMILES string of the molecule is CC[C@H](C)[C@H](N=C(O)C(C)(C)N=C(O)[C@H](CCC(=N)O)N=C(O)C(C)(C)N=C(O)C(C)(C)N=C(O)[C@H](C)N=C(O)[C@H](C)N=C(O)[C@H](C)N=C(O)C(C)(C)N=C(C)O)C(O)=NC(C)(C)C(O)=NCC(O)=N[C@@H](CC(C)C)C(O)=NC(C)(C)C(=O)N1CCC[C@H]1C(O)=N[C@H](C(O)=NC(C)(C)C(O)=NC(C)(C)C(O)=N[C@@H](CCC(=N)O)C(O)=N[C@@H](CCC(=N)O)C(O)=NC(CO)Cc1ccccc1)C(C)C. The first kappa shape index (κ1) is 121. The summed E-state index contributed by atoms with van der Waals surface area (Å²) in [5, 5.41) is 277. The molecule has 2 rings (SSSR count). The Morgan fingerprint density at radius 2 is 0.775 bits per heavy atom. The first-order chi connectivity index (χ1) is 63.2. The van der Waals surface area contributed by atoms with Gasteiger partial charge in [-0.1, -0.05) is 78.3 Å². The zero-order valence-corrected chi connectivity index (χ0v) is 84.0. The van der Waals surface area contributed by atoms with Crippen LogP contribution in [0.15, 0.2) is 125 Å². The number of aliphatic hydroxyl groups excluding tert-OH is 23. The predicted molar refractivity (Wildman–Crippen MR) is 544 cm³/mol. The molecule has 1 unspecified atom stereocenters. The lowest BCUT2D eigenvalue weighted by atomic mass is 9.97. The standard InChI is InChI=1S/C91H151N23O24/c1-27-48(6)65(105-80(135)86(15,16)108-71(126)57(37-40-62(94)119)103-79(134)88(19,20)112-81(136)89(21,22)107-68(123)51(9)97-66(121)49(7)96-67(122)50(8)98-77(132)85(13,14)106-52(10)116)75(130)111-84(11,12)76(131)95-44-63(120)100-58(42-46(2)3)72(127)109-91(25,26)83(138)114-41-31-34-59(114)73(128)104-64(47(4)5)74(129)110-90(23,24)82(137)113-87(17,18)78(133)102-56(36-39-61(93)118)70(125)101-55(35-38-60(92)117)69(124)99-54(45-115)43-53-32-29-28-30-33-53/h28-30,32-33,46-51,54-59,64-65,115H,27,31,34-45H2,1-26H3,(H2,92,117)(H2,93,118)(H2,94,119)(H,95,131)(H,96,122)(H,97,121)(H,98,132)(H,99,124)(H,100,120)(H,101,125)(H,102,133)(H,103,134)(H,104,128)(H,105,135)(H,106,116)(H,107,123)(H,108,126)(H,109,127)(H,110,129)(H,111,130)(H,112,136)(H,113,137)/t48-,49-,50-,51-,54?,55-,56-,57-,58-,59-,64-,65-/m0/s1. The summed E-state index contributed by atoms with van der Waals surface area (Å²) in [5.41, 5.74) is -13.4. The molecule has 0 aliphatic carbocycles. The van der Waals surface area contributed by atoms with Crippen molar-refractivity contribution in [2.24, 2.45) is 113 Å². The summed E-state index contributed by atoms with van der Waals surface area (Å²) in [7, 11) is 0. The smallest absolute Gasteiger partial charge is 0.250 e. The number of nitrogens with zero attached hydrogens (tertiary/aromatic N) is 20. The zero-order valence-electron chi connectivity index (χ0n) is 84.0. The fourth-order valence-corrected chi connectivity index (χ4v) is 12.8. The number of carbonyl (C=O) groups is 1. The molecule has 1 aliphatic rings. The van der Waals surface area contributed by atoms with Crippen molar-refractivity contribution in [2.45, 2.75) is 361 Å². The third-order valence-corrected chi connectivity index (χ3v) is 21.5. The number of aliphatic hydroxyl groups is 23. The predicted octanol–water partition coefficient (Wildman–Crippen LogP) is 14.1. The van der Waals surface area contributed by atoms with Gasteiger partial charge in [0.2, 0.25) is 106 Å². The summed E-state index contributed by atoms with van der Waals surface area (Å²) in [4.78, 5) is 95.6. The molecule has 1 saturated heterocycles. The highest BCUT2D eigenvalue weighted by atomic mass is 16.3. The molecule has 1 fully saturated rings. The van der Waals surface area contributed by atoms with E-state index in [0.29, 0.717) is 12.8 Å². The van der Waals surface area contributed by atoms with Gasteiger partial charge in [-0.2, -0.15) is 0 Å². The highest BCUT2D eigenvalue weighted by molar-refractivity contribution is 6.00. The highest BCUT2D eigenvalue weighted by Crippen LogP contribution is 2.30. The van der Waals surface area contributed by atoms with Crippen LogP contribution in [0.5, 0.6) is 0 Å². The molecule has 0 aromatic heterocycles. The summed E-state index contributed by atoms with van der Waals surface area (Å²) in [6.45, 7) is 36.1. The van der Waals surface area contributed by atoms with Crippen molar-refractivity contribution in [3.63, 3.8) is 0 Å². The van der Waals surface area contributed by atoms with Crippen LogP contribution in [0.25, 0.3) is 0 Å². The van der Waals surface area contributed by atoms with Crippen LogP contribution in [0.4, 0.5) is 0 Å². The van der Waals surface area contributed by atoms with Crippen LogP contribution in [0.2, 0.25) is 0 Å². The normalized spacial score (nSPS) is 19.1. The fourth-order valence-electron chi connectivity index (χ4n) is 12.8. The van der Waals surface area contributed by atoms with E-state index >= 15 is 0 Å². The van der Waals surface area contributed by atoms with Gasteiger partial charge in [-0.15, -0.1) is 0 Å². The van der Waals surface area contributed by atoms with Gasteiger partial charge in [-0.3, -0.25) is 21.0 Å². The van der Waals surface area contributed by atoms with Gasteiger partial charge in [0, 0.05) is 32.7 Å². The number of hydrogen-bond acceptors (Lipinski definition) is 24. The molecule has 138 heavy (non-hydrogen) atoms. The Morgan fingerprint density at radius 3 is 1.22 bits per heavy atom. The van der Waals surface area contributed by atoms with Crippen molar-refractivity contribution in [1.29, 1.82) is 16.2 Å². The number of benzene rings is 1. The van der Waals surface area contributed by atoms with Crippen LogP contribution in [-0.2, 0) is 11.2 Å². The van der Waals surface area contributed by atoms with Gasteiger partial charge in [0.15, 0.2) is 23.6 Å². The lowest BCUT2D eigenvalue weighted by molar-refractivity contribution is -0.135. The molecule has 1 aliphatic heterocycles. The van der Waals surface area contributed by atoms with E-state index in [1.807, 2.05) is 0 Å². The summed E-state index contributed by atoms with van der Waals surface area (Å²) >= 11 is 0. The fraction of sp³-hybridized carbons (Fsp3) is 0.681. The van der Waals surface area contributed by atoms with E-state index in [2.05, 4.69) is 94.9 Å². The quantitative estimate of drug-likeness (QED) is 0.0213. The molecule has 0 saturated carbocycles. The van der Waals surface area contributed by atoms with Gasteiger partial charge >= 0.3 is 0 Å². The number of aliphatic imine (C=N–C) groups is 19. The third-order valence-electron chi connectivity index (χ3n) is 21.5. The highest BCUT2D eigenvalue weighted by Gasteiger charge is 2.44. The van der Waals surface area contributed by atoms with Crippen molar-refractivity contribution in [3.8, 4) is 0 Å². The number of nitrogens with one attached hydrogen (secondary N) is 3. The molecule has 47 nitrogen and oxygen atoms in total. The Morgan fingerprint density at radius 1 is 0.399 bits per heavy atom. The largest absolute Gasteiger partial charge is 0.497 e. The summed E-state index contributed by atoms with van der Waals surface area (Å²) in [6.07, 6.45) is -1.13. The lowest BCUT2D eigenvalue weighted by Gasteiger charge is -2.31. The molecule has 774 valence electrons. The Labute approximate surface area is 805 Å². The van der Waals surface area contributed by atoms with Gasteiger partial charge in [0.05, 0.1) is 12.6 Å². The lowest BCUT2D eigenvalue weighted by Crippen LogP contribution is -2.50. The first-order valence-electron chi connectivity index (χ1n) is 45.2. The van der Waals surface area contributed by atoms with E-state index in [1.54, 1.807) is 71.9 Å². The molecule has 0 spiro atoms. The van der Waals surface area contributed by atoms with E-state index in [1.165, 1.54) is 143 Å². The van der Waals surface area contributed by atoms with Gasteiger partial charge in [0.25, 0.3) is 5.91 Å². The second-order valence-electron chi connectivity index (χ2n) is 38.7. The minimum Gasteiger partial charge on any atom is -0.497 e. The Kier molecular flexibility index (Phi) is 45.6. The Bertz CT molecular complexity index is 4950. The van der Waals surface area contributed by atoms with Crippen LogP contribution in [-0.4, -0.2) is 388 Å². The van der Waals surface area contributed by atoms with Crippen molar-refractivity contribution >= 4 is 136 Å². The van der Waals surface area contributed by atoms with E-state index in [0.717, 1.165) is 5.56 Å². The third kappa shape index (κ3) is 38.9. The van der Waals surface area contributed by atoms with Crippen molar-refractivity contribution in [2.75, 3.05) is 19.7 Å². The maximum Gasteiger partial charge on any atom is 0.250 e. The molecule has 1 aromatic carbocycles. The minimum absolute atomic E-state index is 0.0456. The second kappa shape index (κ2) is 52.0. The Balaban J connectivity index is 2.55.